The van der Waals surface area contributed by atoms with Crippen molar-refractivity contribution in [3.63, 3.8) is 0 Å². The maximum absolute atomic E-state index is 14.4. The van der Waals surface area contributed by atoms with Crippen molar-refractivity contribution in [2.75, 3.05) is 16.8 Å². The standard InChI is InChI=1S/C22H21F3N4O2S/c1-29-20-16(5-15(21(29)30)13-6-22(7-13)9-32(31)10-22)19(27-11-28-20)26-8-12-3-2-4-14(17(12)23)18(24)25/h2-5,11,13,18H,6-10H2,1H3,(H,26,27,28). The number of halogens is 3. The molecule has 0 bridgehead atoms. The monoisotopic (exact) mass is 462 g/mol. The molecule has 1 aliphatic heterocycles. The van der Waals surface area contributed by atoms with Crippen molar-refractivity contribution in [2.45, 2.75) is 31.7 Å². The Bertz CT molecular complexity index is 1290. The molecule has 1 spiro atoms. The highest BCUT2D eigenvalue weighted by Gasteiger charge is 2.53. The lowest BCUT2D eigenvalue weighted by molar-refractivity contribution is 0.143. The summed E-state index contributed by atoms with van der Waals surface area (Å²) in [5.74, 6) is 0.947. The predicted molar refractivity (Wildman–Crippen MR) is 116 cm³/mol. The minimum absolute atomic E-state index is 0.0466. The molecular weight excluding hydrogens is 441 g/mol. The average Bonchev–Trinajstić information content (AvgIpc) is 2.71. The topological polar surface area (TPSA) is 76.9 Å². The molecule has 2 aromatic heterocycles. The van der Waals surface area contributed by atoms with E-state index in [9.17, 15) is 22.2 Å². The zero-order valence-electron chi connectivity index (χ0n) is 17.3. The molecule has 1 N–H and O–H groups in total. The van der Waals surface area contributed by atoms with E-state index in [2.05, 4.69) is 15.3 Å². The molecule has 2 fully saturated rings. The molecule has 0 radical (unpaired) electrons. The van der Waals surface area contributed by atoms with Crippen LogP contribution in [0.3, 0.4) is 0 Å². The zero-order chi connectivity index (χ0) is 22.6. The minimum atomic E-state index is -2.90. The fourth-order valence-corrected chi connectivity index (χ4v) is 6.65. The van der Waals surface area contributed by atoms with Gasteiger partial charge in [-0.25, -0.2) is 23.1 Å². The van der Waals surface area contributed by atoms with Crippen LogP contribution in [0.1, 0.15) is 41.9 Å². The summed E-state index contributed by atoms with van der Waals surface area (Å²) >= 11 is 0. The van der Waals surface area contributed by atoms with Crippen molar-refractivity contribution < 1.29 is 17.4 Å². The molecule has 10 heteroatoms. The Morgan fingerprint density at radius 1 is 1.28 bits per heavy atom. The van der Waals surface area contributed by atoms with Gasteiger partial charge in [-0.05, 0) is 30.2 Å². The zero-order valence-corrected chi connectivity index (χ0v) is 18.1. The third-order valence-electron chi connectivity index (χ3n) is 6.55. The number of hydrogen-bond donors (Lipinski definition) is 1. The summed E-state index contributed by atoms with van der Waals surface area (Å²) in [5, 5.41) is 3.62. The van der Waals surface area contributed by atoms with Crippen LogP contribution in [0, 0.1) is 11.2 Å². The first kappa shape index (κ1) is 21.1. The maximum Gasteiger partial charge on any atom is 0.266 e. The quantitative estimate of drug-likeness (QED) is 0.627. The van der Waals surface area contributed by atoms with E-state index in [4.69, 9.17) is 0 Å². The van der Waals surface area contributed by atoms with Gasteiger partial charge in [-0.15, -0.1) is 0 Å². The molecule has 1 aliphatic carbocycles. The fraction of sp³-hybridized carbons (Fsp3) is 0.409. The third-order valence-corrected chi connectivity index (χ3v) is 8.42. The van der Waals surface area contributed by atoms with E-state index in [1.807, 2.05) is 0 Å². The first-order chi connectivity index (χ1) is 15.3. The molecule has 1 aromatic carbocycles. The van der Waals surface area contributed by atoms with Crippen LogP contribution in [0.15, 0.2) is 35.4 Å². The van der Waals surface area contributed by atoms with E-state index in [1.165, 1.54) is 23.0 Å². The summed E-state index contributed by atoms with van der Waals surface area (Å²) in [6.45, 7) is -0.0466. The van der Waals surface area contributed by atoms with Gasteiger partial charge >= 0.3 is 0 Å². The van der Waals surface area contributed by atoms with E-state index in [0.717, 1.165) is 18.9 Å². The Morgan fingerprint density at radius 3 is 2.72 bits per heavy atom. The Balaban J connectivity index is 1.46. The number of rotatable bonds is 5. The van der Waals surface area contributed by atoms with Crippen LogP contribution in [-0.4, -0.2) is 30.2 Å². The first-order valence-electron chi connectivity index (χ1n) is 10.3. The van der Waals surface area contributed by atoms with Gasteiger partial charge in [0.15, 0.2) is 0 Å². The van der Waals surface area contributed by atoms with Crippen LogP contribution >= 0.6 is 0 Å². The number of nitrogens with zero attached hydrogens (tertiary/aromatic N) is 3. The number of hydrogen-bond acceptors (Lipinski definition) is 5. The second-order valence-electron chi connectivity index (χ2n) is 8.73. The fourth-order valence-electron chi connectivity index (χ4n) is 4.89. The van der Waals surface area contributed by atoms with Gasteiger partial charge < -0.3 is 5.32 Å². The van der Waals surface area contributed by atoms with Crippen molar-refractivity contribution in [3.05, 3.63) is 63.5 Å². The molecule has 0 atom stereocenters. The van der Waals surface area contributed by atoms with Gasteiger partial charge in [-0.3, -0.25) is 13.6 Å². The SMILES string of the molecule is Cn1c(=O)c(C2CC3(C2)CS(=O)C3)cc2c(NCc3cccc(C(F)F)c3F)ncnc21. The van der Waals surface area contributed by atoms with E-state index in [1.54, 1.807) is 13.1 Å². The summed E-state index contributed by atoms with van der Waals surface area (Å²) in [7, 11) is 0.907. The van der Waals surface area contributed by atoms with Gasteiger partial charge in [0.1, 0.15) is 23.6 Å². The van der Waals surface area contributed by atoms with E-state index in [0.29, 0.717) is 33.9 Å². The van der Waals surface area contributed by atoms with E-state index >= 15 is 0 Å². The molecule has 1 saturated heterocycles. The van der Waals surface area contributed by atoms with Crippen molar-refractivity contribution >= 4 is 27.7 Å². The lowest BCUT2D eigenvalue weighted by Gasteiger charge is -2.53. The number of nitrogens with one attached hydrogen (secondary N) is 1. The first-order valence-corrected chi connectivity index (χ1v) is 11.8. The number of alkyl halides is 2. The Morgan fingerprint density at radius 2 is 2.03 bits per heavy atom. The predicted octanol–water partition coefficient (Wildman–Crippen LogP) is 3.64. The summed E-state index contributed by atoms with van der Waals surface area (Å²) in [6.07, 6.45) is 0.0757. The summed E-state index contributed by atoms with van der Waals surface area (Å²) in [4.78, 5) is 21.4. The Kier molecular flexibility index (Phi) is 5.07. The number of fused-ring (bicyclic) bond motifs is 1. The van der Waals surface area contributed by atoms with E-state index in [-0.39, 0.29) is 29.0 Å². The third kappa shape index (κ3) is 3.41. The second-order valence-corrected chi connectivity index (χ2v) is 10.2. The minimum Gasteiger partial charge on any atom is -0.365 e. The smallest absolute Gasteiger partial charge is 0.266 e. The van der Waals surface area contributed by atoms with Gasteiger partial charge in [-0.1, -0.05) is 18.2 Å². The highest BCUT2D eigenvalue weighted by molar-refractivity contribution is 7.86. The summed E-state index contributed by atoms with van der Waals surface area (Å²) < 4.78 is 53.4. The molecule has 168 valence electrons. The number of benzene rings is 1. The average molecular weight is 462 g/mol. The van der Waals surface area contributed by atoms with Gasteiger partial charge in [0.2, 0.25) is 0 Å². The molecule has 5 rings (SSSR count). The molecule has 6 nitrogen and oxygen atoms in total. The molecule has 0 amide bonds. The Labute approximate surface area is 184 Å². The van der Waals surface area contributed by atoms with Crippen LogP contribution in [0.4, 0.5) is 19.0 Å². The molecule has 3 aromatic rings. The lowest BCUT2D eigenvalue weighted by Crippen LogP contribution is -2.53. The van der Waals surface area contributed by atoms with E-state index < -0.39 is 28.6 Å². The number of anilines is 1. The van der Waals surface area contributed by atoms with Gasteiger partial charge in [0.25, 0.3) is 12.0 Å². The lowest BCUT2D eigenvalue weighted by atomic mass is 9.61. The highest BCUT2D eigenvalue weighted by atomic mass is 32.2. The molecule has 1 saturated carbocycles. The number of aromatic nitrogens is 3. The maximum atomic E-state index is 14.4. The van der Waals surface area contributed by atoms with Crippen LogP contribution in [0.25, 0.3) is 11.0 Å². The van der Waals surface area contributed by atoms with Crippen molar-refractivity contribution in [1.29, 1.82) is 0 Å². The molecule has 32 heavy (non-hydrogen) atoms. The summed E-state index contributed by atoms with van der Waals surface area (Å²) in [6, 6.07) is 5.67. The van der Waals surface area contributed by atoms with Crippen molar-refractivity contribution in [1.82, 2.24) is 14.5 Å². The van der Waals surface area contributed by atoms with Gasteiger partial charge in [0, 0.05) is 47.0 Å². The van der Waals surface area contributed by atoms with Crippen LogP contribution in [-0.2, 0) is 24.4 Å². The van der Waals surface area contributed by atoms with Gasteiger partial charge in [-0.2, -0.15) is 0 Å². The van der Waals surface area contributed by atoms with Crippen LogP contribution in [0.2, 0.25) is 0 Å². The largest absolute Gasteiger partial charge is 0.365 e. The van der Waals surface area contributed by atoms with Crippen molar-refractivity contribution in [2.24, 2.45) is 12.5 Å². The van der Waals surface area contributed by atoms with Gasteiger partial charge in [0.05, 0.1) is 10.9 Å². The molecule has 0 unspecified atom stereocenters. The van der Waals surface area contributed by atoms with Crippen LogP contribution < -0.4 is 10.9 Å². The number of pyridine rings is 1. The van der Waals surface area contributed by atoms with Crippen LogP contribution in [0.5, 0.6) is 0 Å². The Hall–Kier alpha value is -2.75. The highest BCUT2D eigenvalue weighted by Crippen LogP contribution is 2.55. The molecule has 2 aliphatic rings. The molecule has 3 heterocycles. The normalized spacial score (nSPS) is 24.5. The van der Waals surface area contributed by atoms with Crippen molar-refractivity contribution in [3.8, 4) is 0 Å². The second kappa shape index (κ2) is 7.68. The molecular formula is C22H21F3N4O2S. The number of aryl methyl sites for hydroxylation is 1. The summed E-state index contributed by atoms with van der Waals surface area (Å²) in [5.41, 5.74) is 0.523.